The summed E-state index contributed by atoms with van der Waals surface area (Å²) in [7, 11) is 0. The quantitative estimate of drug-likeness (QED) is 0.706. The lowest BCUT2D eigenvalue weighted by molar-refractivity contribution is -0.148. The van der Waals surface area contributed by atoms with Crippen LogP contribution in [0.5, 0.6) is 0 Å². The monoisotopic (exact) mass is 371 g/mol. The molecule has 0 aromatic heterocycles. The van der Waals surface area contributed by atoms with Crippen molar-refractivity contribution in [3.63, 3.8) is 0 Å². The molecule has 2 bridgehead atoms. The fourth-order valence-corrected chi connectivity index (χ4v) is 4.54. The number of benzene rings is 1. The molecule has 2 N–H and O–H groups in total. The van der Waals surface area contributed by atoms with Gasteiger partial charge in [-0.3, -0.25) is 19.3 Å². The van der Waals surface area contributed by atoms with Gasteiger partial charge in [0.05, 0.1) is 24.0 Å². The van der Waals surface area contributed by atoms with Gasteiger partial charge in [-0.15, -0.1) is 0 Å². The van der Waals surface area contributed by atoms with Gasteiger partial charge in [-0.25, -0.2) is 0 Å². The molecule has 4 atom stereocenters. The lowest BCUT2D eigenvalue weighted by Crippen LogP contribution is -2.44. The van der Waals surface area contributed by atoms with Crippen molar-refractivity contribution < 1.29 is 19.1 Å². The fraction of sp³-hybridized carbons (Fsp3) is 0.550. The molecule has 4 rings (SSSR count). The second kappa shape index (κ2) is 7.40. The lowest BCUT2D eigenvalue weighted by Gasteiger charge is -2.25. The summed E-state index contributed by atoms with van der Waals surface area (Å²) in [6.07, 6.45) is 2.00. The van der Waals surface area contributed by atoms with E-state index in [9.17, 15) is 14.4 Å². The van der Waals surface area contributed by atoms with Gasteiger partial charge in [0.25, 0.3) is 0 Å². The number of carbonyl (C=O) groups is 3. The first-order chi connectivity index (χ1) is 13.1. The number of carbonyl (C=O) groups excluding carboxylic acids is 3. The van der Waals surface area contributed by atoms with E-state index in [1.54, 1.807) is 4.90 Å². The molecule has 1 aromatic rings. The molecule has 0 saturated carbocycles. The van der Waals surface area contributed by atoms with E-state index in [1.807, 2.05) is 30.3 Å². The fourth-order valence-electron chi connectivity index (χ4n) is 4.54. The van der Waals surface area contributed by atoms with E-state index < -0.39 is 11.8 Å². The van der Waals surface area contributed by atoms with Gasteiger partial charge < -0.3 is 15.4 Å². The van der Waals surface area contributed by atoms with Crippen LogP contribution in [0.1, 0.15) is 24.8 Å². The SMILES string of the molecule is NCCCN(Cc1ccccc1)C(=O)CN1C(=O)C2C3CCC(O3)C2C1=O. The van der Waals surface area contributed by atoms with Gasteiger partial charge in [0.15, 0.2) is 0 Å². The zero-order valence-corrected chi connectivity index (χ0v) is 15.3. The number of hydrogen-bond acceptors (Lipinski definition) is 5. The first-order valence-electron chi connectivity index (χ1n) is 9.62. The average Bonchev–Trinajstić information content (AvgIpc) is 3.36. The molecule has 0 radical (unpaired) electrons. The number of rotatable bonds is 7. The van der Waals surface area contributed by atoms with Gasteiger partial charge in [-0.1, -0.05) is 30.3 Å². The molecule has 4 unspecified atom stereocenters. The highest BCUT2D eigenvalue weighted by atomic mass is 16.5. The third-order valence-corrected chi connectivity index (χ3v) is 5.87. The summed E-state index contributed by atoms with van der Waals surface area (Å²) in [5.74, 6) is -1.50. The Balaban J connectivity index is 1.46. The Labute approximate surface area is 158 Å². The number of nitrogens with zero attached hydrogens (tertiary/aromatic N) is 2. The molecule has 3 aliphatic heterocycles. The number of amides is 3. The summed E-state index contributed by atoms with van der Waals surface area (Å²) < 4.78 is 5.74. The molecule has 7 heteroatoms. The van der Waals surface area contributed by atoms with Crippen molar-refractivity contribution in [3.8, 4) is 0 Å². The van der Waals surface area contributed by atoms with E-state index >= 15 is 0 Å². The van der Waals surface area contributed by atoms with Crippen molar-refractivity contribution in [3.05, 3.63) is 35.9 Å². The molecule has 144 valence electrons. The number of nitrogens with two attached hydrogens (primary N) is 1. The molecule has 3 aliphatic rings. The van der Waals surface area contributed by atoms with Gasteiger partial charge in [-0.2, -0.15) is 0 Å². The molecule has 3 saturated heterocycles. The summed E-state index contributed by atoms with van der Waals surface area (Å²) in [4.78, 5) is 41.3. The van der Waals surface area contributed by atoms with Crippen LogP contribution in [-0.2, 0) is 25.7 Å². The highest BCUT2D eigenvalue weighted by molar-refractivity contribution is 6.08. The third kappa shape index (κ3) is 3.26. The number of likely N-dealkylation sites (tertiary alicyclic amines) is 1. The minimum absolute atomic E-state index is 0.158. The van der Waals surface area contributed by atoms with Crippen LogP contribution in [0.25, 0.3) is 0 Å². The minimum atomic E-state index is -0.393. The van der Waals surface area contributed by atoms with Crippen molar-refractivity contribution in [1.82, 2.24) is 9.80 Å². The Morgan fingerprint density at radius 2 is 1.74 bits per heavy atom. The molecule has 3 amide bonds. The standard InChI is InChI=1S/C20H25N3O4/c21-9-4-10-22(11-13-5-2-1-3-6-13)16(24)12-23-19(25)17-14-7-8-15(27-14)18(17)20(23)26/h1-3,5-6,14-15,17-18H,4,7-12,21H2. The molecule has 1 aromatic carbocycles. The van der Waals surface area contributed by atoms with Crippen molar-refractivity contribution in [2.75, 3.05) is 19.6 Å². The van der Waals surface area contributed by atoms with E-state index in [2.05, 4.69) is 0 Å². The largest absolute Gasteiger partial charge is 0.373 e. The number of fused-ring (bicyclic) bond motifs is 5. The van der Waals surface area contributed by atoms with Gasteiger partial charge in [0.1, 0.15) is 6.54 Å². The molecular formula is C20H25N3O4. The Bertz CT molecular complexity index is 710. The molecule has 7 nitrogen and oxygen atoms in total. The van der Waals surface area contributed by atoms with E-state index in [4.69, 9.17) is 10.5 Å². The Morgan fingerprint density at radius 3 is 2.33 bits per heavy atom. The summed E-state index contributed by atoms with van der Waals surface area (Å²) in [6.45, 7) is 1.23. The molecule has 0 aliphatic carbocycles. The zero-order valence-electron chi connectivity index (χ0n) is 15.3. The van der Waals surface area contributed by atoms with Crippen molar-refractivity contribution in [2.24, 2.45) is 17.6 Å². The van der Waals surface area contributed by atoms with Crippen LogP contribution in [0, 0.1) is 11.8 Å². The average molecular weight is 371 g/mol. The van der Waals surface area contributed by atoms with Crippen molar-refractivity contribution in [2.45, 2.75) is 38.0 Å². The normalized spacial score (nSPS) is 28.7. The summed E-state index contributed by atoms with van der Waals surface area (Å²) in [5.41, 5.74) is 6.61. The maximum Gasteiger partial charge on any atom is 0.243 e. The molecule has 3 fully saturated rings. The zero-order chi connectivity index (χ0) is 19.0. The molecule has 0 spiro atoms. The molecular weight excluding hydrogens is 346 g/mol. The highest BCUT2D eigenvalue weighted by Gasteiger charge is 2.62. The summed E-state index contributed by atoms with van der Waals surface area (Å²) >= 11 is 0. The number of imide groups is 1. The van der Waals surface area contributed by atoms with Crippen LogP contribution in [0.3, 0.4) is 0 Å². The van der Waals surface area contributed by atoms with Gasteiger partial charge in [0, 0.05) is 13.1 Å². The Kier molecular flexibility index (Phi) is 4.97. The summed E-state index contributed by atoms with van der Waals surface area (Å²) in [5, 5.41) is 0. The van der Waals surface area contributed by atoms with Crippen LogP contribution >= 0.6 is 0 Å². The maximum absolute atomic E-state index is 12.9. The van der Waals surface area contributed by atoms with Gasteiger partial charge in [0.2, 0.25) is 17.7 Å². The second-order valence-corrected chi connectivity index (χ2v) is 7.55. The first kappa shape index (κ1) is 18.1. The smallest absolute Gasteiger partial charge is 0.243 e. The number of hydrogen-bond donors (Lipinski definition) is 1. The van der Waals surface area contributed by atoms with Crippen molar-refractivity contribution >= 4 is 17.7 Å². The predicted octanol–water partition coefficient (Wildman–Crippen LogP) is 0.526. The third-order valence-electron chi connectivity index (χ3n) is 5.87. The van der Waals surface area contributed by atoms with Crippen LogP contribution in [0.15, 0.2) is 30.3 Å². The topological polar surface area (TPSA) is 92.9 Å². The van der Waals surface area contributed by atoms with Crippen LogP contribution in [0.2, 0.25) is 0 Å². The van der Waals surface area contributed by atoms with E-state index in [0.29, 0.717) is 26.1 Å². The van der Waals surface area contributed by atoms with Crippen molar-refractivity contribution in [1.29, 1.82) is 0 Å². The van der Waals surface area contributed by atoms with Crippen LogP contribution in [0.4, 0.5) is 0 Å². The Morgan fingerprint density at radius 1 is 1.11 bits per heavy atom. The molecule has 3 heterocycles. The lowest BCUT2D eigenvalue weighted by atomic mass is 9.81. The predicted molar refractivity (Wildman–Crippen MR) is 97.1 cm³/mol. The summed E-state index contributed by atoms with van der Waals surface area (Å²) in [6, 6.07) is 9.67. The maximum atomic E-state index is 12.9. The van der Waals surface area contributed by atoms with Crippen LogP contribution in [-0.4, -0.2) is 59.4 Å². The van der Waals surface area contributed by atoms with Crippen LogP contribution < -0.4 is 5.73 Å². The second-order valence-electron chi connectivity index (χ2n) is 7.55. The van der Waals surface area contributed by atoms with Gasteiger partial charge in [-0.05, 0) is 31.4 Å². The van der Waals surface area contributed by atoms with E-state index in [-0.39, 0.29) is 36.5 Å². The van der Waals surface area contributed by atoms with E-state index in [1.165, 1.54) is 0 Å². The minimum Gasteiger partial charge on any atom is -0.373 e. The van der Waals surface area contributed by atoms with E-state index in [0.717, 1.165) is 23.3 Å². The first-order valence-corrected chi connectivity index (χ1v) is 9.62. The van der Waals surface area contributed by atoms with Gasteiger partial charge >= 0.3 is 0 Å². The highest BCUT2D eigenvalue weighted by Crippen LogP contribution is 2.48. The molecule has 27 heavy (non-hydrogen) atoms. The number of ether oxygens (including phenoxy) is 1. The Hall–Kier alpha value is -2.25.